The number of aromatic nitrogens is 1. The largest absolute Gasteiger partial charge is 0.573 e. The van der Waals surface area contributed by atoms with E-state index in [2.05, 4.69) is 15.0 Å². The van der Waals surface area contributed by atoms with Crippen LogP contribution in [0.2, 0.25) is 0 Å². The van der Waals surface area contributed by atoms with Gasteiger partial charge in [0.2, 0.25) is 0 Å². The molecule has 1 atom stereocenters. The van der Waals surface area contributed by atoms with E-state index in [9.17, 15) is 23.1 Å². The summed E-state index contributed by atoms with van der Waals surface area (Å²) in [6.45, 7) is 3.04. The van der Waals surface area contributed by atoms with Crippen LogP contribution in [0.25, 0.3) is 0 Å². The van der Waals surface area contributed by atoms with E-state index < -0.39 is 24.2 Å². The summed E-state index contributed by atoms with van der Waals surface area (Å²) in [5, 5.41) is 21.2. The number of likely N-dealkylation sites (tertiary alicyclic amines) is 1. The fourth-order valence-electron chi connectivity index (χ4n) is 4.02. The van der Waals surface area contributed by atoms with Gasteiger partial charge in [-0.25, -0.2) is 9.18 Å². The van der Waals surface area contributed by atoms with Gasteiger partial charge in [0.1, 0.15) is 5.75 Å². The van der Waals surface area contributed by atoms with Crippen molar-refractivity contribution in [1.82, 2.24) is 9.88 Å². The van der Waals surface area contributed by atoms with E-state index >= 15 is 4.39 Å². The molecule has 0 radical (unpaired) electrons. The normalized spacial score (nSPS) is 16.8. The van der Waals surface area contributed by atoms with Gasteiger partial charge in [-0.2, -0.15) is 0 Å². The van der Waals surface area contributed by atoms with Gasteiger partial charge in [0.15, 0.2) is 5.67 Å². The number of hydrogen-bond acceptors (Lipinski definition) is 5. The Hall–Kier alpha value is -2.92. The maximum atomic E-state index is 15.7. The minimum atomic E-state index is -4.81. The third-order valence-electron chi connectivity index (χ3n) is 5.74. The van der Waals surface area contributed by atoms with E-state index in [4.69, 9.17) is 5.11 Å². The predicted octanol–water partition coefficient (Wildman–Crippen LogP) is 3.99. The van der Waals surface area contributed by atoms with Crippen LogP contribution in [0.1, 0.15) is 35.2 Å². The number of urea groups is 1. The highest BCUT2D eigenvalue weighted by Gasteiger charge is 2.40. The number of halogens is 4. The van der Waals surface area contributed by atoms with Crippen LogP contribution in [0.15, 0.2) is 30.5 Å². The Morgan fingerprint density at radius 3 is 2.47 bits per heavy atom. The summed E-state index contributed by atoms with van der Waals surface area (Å²) in [7, 11) is 0. The average molecular weight is 485 g/mol. The third-order valence-corrected chi connectivity index (χ3v) is 5.74. The first-order valence-corrected chi connectivity index (χ1v) is 10.8. The van der Waals surface area contributed by atoms with Crippen molar-refractivity contribution < 1.29 is 37.3 Å². The molecule has 1 aromatic heterocycles. The molecule has 0 unspecified atom stereocenters. The molecule has 186 valence electrons. The second-order valence-corrected chi connectivity index (χ2v) is 8.46. The molecular formula is C23H27F4N3O4. The van der Waals surface area contributed by atoms with Gasteiger partial charge in [-0.15, -0.1) is 13.2 Å². The van der Waals surface area contributed by atoms with Crippen LogP contribution in [0.3, 0.4) is 0 Å². The Labute approximate surface area is 194 Å². The van der Waals surface area contributed by atoms with Gasteiger partial charge in [-0.05, 0) is 48.7 Å². The van der Waals surface area contributed by atoms with Crippen LogP contribution in [0.5, 0.6) is 5.75 Å². The quantitative estimate of drug-likeness (QED) is 0.538. The van der Waals surface area contributed by atoms with E-state index in [-0.39, 0.29) is 56.0 Å². The van der Waals surface area contributed by atoms with Gasteiger partial charge in [0.05, 0.1) is 18.4 Å². The van der Waals surface area contributed by atoms with Crippen LogP contribution < -0.4 is 10.1 Å². The van der Waals surface area contributed by atoms with E-state index in [0.717, 1.165) is 6.07 Å². The summed E-state index contributed by atoms with van der Waals surface area (Å²) in [6.07, 6.45) is -3.97. The molecule has 3 N–H and O–H groups in total. The monoisotopic (exact) mass is 485 g/mol. The zero-order valence-electron chi connectivity index (χ0n) is 18.8. The molecule has 1 aliphatic heterocycles. The van der Waals surface area contributed by atoms with Crippen molar-refractivity contribution in [3.8, 4) is 5.75 Å². The molecule has 11 heteroatoms. The molecule has 0 bridgehead atoms. The van der Waals surface area contributed by atoms with Crippen LogP contribution in [0.4, 0.5) is 28.0 Å². The Balaban J connectivity index is 1.61. The molecule has 1 aromatic carbocycles. The Morgan fingerprint density at radius 2 is 1.91 bits per heavy atom. The van der Waals surface area contributed by atoms with Gasteiger partial charge >= 0.3 is 12.4 Å². The van der Waals surface area contributed by atoms with Gasteiger partial charge in [-0.1, -0.05) is 6.07 Å². The van der Waals surface area contributed by atoms with Crippen molar-refractivity contribution in [2.45, 2.75) is 51.2 Å². The van der Waals surface area contributed by atoms with Gasteiger partial charge < -0.3 is 25.2 Å². The zero-order chi connectivity index (χ0) is 25.1. The number of aliphatic hydroxyl groups excluding tert-OH is 2. The number of amides is 2. The lowest BCUT2D eigenvalue weighted by Gasteiger charge is -2.36. The molecule has 1 saturated heterocycles. The first kappa shape index (κ1) is 25.7. The minimum absolute atomic E-state index is 0.0320. The number of nitrogens with one attached hydrogen (secondary N) is 1. The highest BCUT2D eigenvalue weighted by Crippen LogP contribution is 2.38. The van der Waals surface area contributed by atoms with Crippen molar-refractivity contribution in [2.24, 2.45) is 0 Å². The zero-order valence-corrected chi connectivity index (χ0v) is 18.8. The molecule has 0 aliphatic carbocycles. The Kier molecular flexibility index (Phi) is 7.67. The summed E-state index contributed by atoms with van der Waals surface area (Å²) in [5.74, 6) is -0.356. The molecule has 3 rings (SSSR count). The first-order valence-electron chi connectivity index (χ1n) is 10.8. The lowest BCUT2D eigenvalue weighted by molar-refractivity contribution is -0.274. The molecule has 0 spiro atoms. The smallest absolute Gasteiger partial charge is 0.406 e. The molecule has 0 saturated carbocycles. The van der Waals surface area contributed by atoms with E-state index in [1.165, 1.54) is 30.2 Å². The standard InChI is InChI=1S/C23H27F4N3O4/c1-14-10-17(3-4-19(14)34-23(25,26)27)29-21(33)30-7-5-22(24,6-8-30)20-15(2)9-16(12-28-20)11-18(32)13-31/h3-4,9-10,12,18,31-32H,5-8,11,13H2,1-2H3,(H,29,33)/t18-/m0/s1. The number of rotatable bonds is 6. The number of piperidine rings is 1. The highest BCUT2D eigenvalue weighted by molar-refractivity contribution is 5.89. The summed E-state index contributed by atoms with van der Waals surface area (Å²) in [4.78, 5) is 18.3. The molecule has 2 heterocycles. The maximum absolute atomic E-state index is 15.7. The van der Waals surface area contributed by atoms with Gasteiger partial charge in [0.25, 0.3) is 0 Å². The third kappa shape index (κ3) is 6.35. The molecule has 2 amide bonds. The van der Waals surface area contributed by atoms with Crippen molar-refractivity contribution in [3.63, 3.8) is 0 Å². The molecule has 7 nitrogen and oxygen atoms in total. The van der Waals surface area contributed by atoms with Gasteiger partial charge in [0, 0.05) is 44.2 Å². The summed E-state index contributed by atoms with van der Waals surface area (Å²) in [6, 6.07) is 5.04. The molecule has 34 heavy (non-hydrogen) atoms. The first-order chi connectivity index (χ1) is 15.9. The van der Waals surface area contributed by atoms with Crippen molar-refractivity contribution in [1.29, 1.82) is 0 Å². The van der Waals surface area contributed by atoms with Crippen molar-refractivity contribution in [3.05, 3.63) is 52.8 Å². The summed E-state index contributed by atoms with van der Waals surface area (Å²) in [5.41, 5.74) is 0.373. The summed E-state index contributed by atoms with van der Waals surface area (Å²) >= 11 is 0. The molecule has 2 aromatic rings. The topological polar surface area (TPSA) is 94.9 Å². The van der Waals surface area contributed by atoms with Crippen LogP contribution in [0, 0.1) is 13.8 Å². The number of hydrogen-bond donors (Lipinski definition) is 3. The second-order valence-electron chi connectivity index (χ2n) is 8.46. The van der Waals surface area contributed by atoms with Crippen LogP contribution in [-0.4, -0.2) is 58.3 Å². The molecular weight excluding hydrogens is 458 g/mol. The fourth-order valence-corrected chi connectivity index (χ4v) is 4.02. The number of carbonyl (C=O) groups excluding carboxylic acids is 1. The Morgan fingerprint density at radius 1 is 1.24 bits per heavy atom. The van der Waals surface area contributed by atoms with Crippen LogP contribution >= 0.6 is 0 Å². The van der Waals surface area contributed by atoms with Crippen LogP contribution in [-0.2, 0) is 12.1 Å². The van der Waals surface area contributed by atoms with Crippen molar-refractivity contribution >= 4 is 11.7 Å². The van der Waals surface area contributed by atoms with E-state index in [1.807, 2.05) is 0 Å². The number of nitrogens with zero attached hydrogens (tertiary/aromatic N) is 2. The predicted molar refractivity (Wildman–Crippen MR) is 116 cm³/mol. The SMILES string of the molecule is Cc1cc(NC(=O)N2CCC(F)(c3ncc(C[C@H](O)CO)cc3C)CC2)ccc1OC(F)(F)F. The van der Waals surface area contributed by atoms with Crippen molar-refractivity contribution in [2.75, 3.05) is 25.0 Å². The Bertz CT molecular complexity index is 1020. The van der Waals surface area contributed by atoms with E-state index in [1.54, 1.807) is 13.0 Å². The molecule has 1 fully saturated rings. The summed E-state index contributed by atoms with van der Waals surface area (Å²) < 4.78 is 56.9. The number of aryl methyl sites for hydroxylation is 2. The second kappa shape index (κ2) is 10.1. The van der Waals surface area contributed by atoms with Gasteiger partial charge in [-0.3, -0.25) is 4.98 Å². The molecule has 1 aliphatic rings. The number of benzene rings is 1. The number of carbonyl (C=O) groups is 1. The number of alkyl halides is 4. The lowest BCUT2D eigenvalue weighted by Crippen LogP contribution is -2.45. The van der Waals surface area contributed by atoms with E-state index in [0.29, 0.717) is 16.8 Å². The number of pyridine rings is 1. The number of anilines is 1. The fraction of sp³-hybridized carbons (Fsp3) is 0.478. The number of ether oxygens (including phenoxy) is 1. The average Bonchev–Trinajstić information content (AvgIpc) is 2.75. The highest BCUT2D eigenvalue weighted by atomic mass is 19.4. The minimum Gasteiger partial charge on any atom is -0.406 e. The maximum Gasteiger partial charge on any atom is 0.573 e. The lowest BCUT2D eigenvalue weighted by atomic mass is 9.87. The number of aliphatic hydroxyl groups is 2.